The number of nitrogens with zero attached hydrogens (tertiary/aromatic N) is 1. The predicted octanol–water partition coefficient (Wildman–Crippen LogP) is 3.56. The van der Waals surface area contributed by atoms with Gasteiger partial charge >= 0.3 is 0 Å². The number of hydrogen-bond donors (Lipinski definition) is 0. The largest absolute Gasteiger partial charge is 0.395 e. The molecule has 0 aliphatic carbocycles. The van der Waals surface area contributed by atoms with Gasteiger partial charge in [-0.15, -0.1) is 11.6 Å². The van der Waals surface area contributed by atoms with Crippen molar-refractivity contribution in [3.8, 4) is 6.07 Å². The van der Waals surface area contributed by atoms with Crippen molar-refractivity contribution in [3.63, 3.8) is 0 Å². The summed E-state index contributed by atoms with van der Waals surface area (Å²) >= 11 is 5.84. The summed E-state index contributed by atoms with van der Waals surface area (Å²) in [5.74, 6) is -0.331. The summed E-state index contributed by atoms with van der Waals surface area (Å²) in [5.41, 5.74) is -0.0175. The highest BCUT2D eigenvalue weighted by atomic mass is 35.5. The third-order valence-corrected chi connectivity index (χ3v) is 5.95. The van der Waals surface area contributed by atoms with Crippen LogP contribution in [0.15, 0.2) is 24.3 Å². The molecule has 0 heterocycles. The van der Waals surface area contributed by atoms with Crippen LogP contribution in [0.3, 0.4) is 0 Å². The number of alkyl halides is 1. The summed E-state index contributed by atoms with van der Waals surface area (Å²) in [7, 11) is -2.08. The van der Waals surface area contributed by atoms with Gasteiger partial charge in [0.2, 0.25) is 8.32 Å². The molecule has 1 atom stereocenters. The van der Waals surface area contributed by atoms with E-state index in [4.69, 9.17) is 16.0 Å². The molecule has 17 heavy (non-hydrogen) atoms. The summed E-state index contributed by atoms with van der Waals surface area (Å²) in [5, 5.41) is 9.28. The Balaban J connectivity index is 3.05. The first kappa shape index (κ1) is 14.2. The first-order chi connectivity index (χ1) is 7.83. The van der Waals surface area contributed by atoms with E-state index in [0.29, 0.717) is 11.1 Å². The van der Waals surface area contributed by atoms with Gasteiger partial charge in [-0.3, -0.25) is 0 Å². The van der Waals surface area contributed by atoms with Crippen LogP contribution in [0.1, 0.15) is 12.5 Å². The number of benzene rings is 1. The first-order valence-electron chi connectivity index (χ1n) is 5.26. The number of rotatable bonds is 4. The Morgan fingerprint density at radius 2 is 1.94 bits per heavy atom. The van der Waals surface area contributed by atoms with Gasteiger partial charge in [0.25, 0.3) is 0 Å². The zero-order valence-corrected chi connectivity index (χ0v) is 11.9. The fourth-order valence-electron chi connectivity index (χ4n) is 1.49. The van der Waals surface area contributed by atoms with Gasteiger partial charge < -0.3 is 4.43 Å². The highest BCUT2D eigenvalue weighted by Crippen LogP contribution is 2.29. The molecule has 0 aromatic heterocycles. The maximum Gasteiger partial charge on any atom is 0.203 e. The number of hydrogen-bond acceptors (Lipinski definition) is 2. The second-order valence-corrected chi connectivity index (χ2v) is 9.44. The van der Waals surface area contributed by atoms with Crippen molar-refractivity contribution >= 4 is 19.9 Å². The maximum atomic E-state index is 12.8. The van der Waals surface area contributed by atoms with E-state index in [1.807, 2.05) is 13.1 Å². The van der Waals surface area contributed by atoms with Crippen molar-refractivity contribution in [2.75, 3.05) is 5.50 Å². The molecule has 0 aliphatic heterocycles. The van der Waals surface area contributed by atoms with Crippen LogP contribution in [0.4, 0.5) is 4.39 Å². The van der Waals surface area contributed by atoms with Crippen molar-refractivity contribution < 1.29 is 8.82 Å². The summed E-state index contributed by atoms with van der Waals surface area (Å²) in [4.78, 5) is 0. The molecule has 0 fully saturated rings. The molecule has 0 spiro atoms. The van der Waals surface area contributed by atoms with Crippen LogP contribution in [-0.2, 0) is 10.0 Å². The molecule has 0 saturated carbocycles. The average molecular weight is 272 g/mol. The van der Waals surface area contributed by atoms with E-state index in [9.17, 15) is 9.65 Å². The lowest BCUT2D eigenvalue weighted by Gasteiger charge is -2.31. The molecule has 0 aliphatic rings. The lowest BCUT2D eigenvalue weighted by atomic mass is 9.98. The van der Waals surface area contributed by atoms with Crippen LogP contribution < -0.4 is 0 Å². The van der Waals surface area contributed by atoms with E-state index >= 15 is 0 Å². The molecule has 5 heteroatoms. The zero-order valence-electron chi connectivity index (χ0n) is 10.1. The molecule has 0 saturated heterocycles. The molecular formula is C12H15ClFNOSi. The summed E-state index contributed by atoms with van der Waals surface area (Å²) in [6.07, 6.45) is 0. The van der Waals surface area contributed by atoms with Gasteiger partial charge in [0.15, 0.2) is 5.60 Å². The molecule has 1 rings (SSSR count). The van der Waals surface area contributed by atoms with Crippen molar-refractivity contribution in [2.24, 2.45) is 0 Å². The molecule has 0 amide bonds. The Bertz CT molecular complexity index is 429. The second-order valence-electron chi connectivity index (χ2n) is 4.65. The smallest absolute Gasteiger partial charge is 0.203 e. The Morgan fingerprint density at radius 3 is 2.35 bits per heavy atom. The van der Waals surface area contributed by atoms with Gasteiger partial charge in [-0.2, -0.15) is 5.26 Å². The van der Waals surface area contributed by atoms with E-state index in [0.717, 1.165) is 0 Å². The lowest BCUT2D eigenvalue weighted by Crippen LogP contribution is -2.42. The number of halogens is 2. The van der Waals surface area contributed by atoms with Crippen LogP contribution in [-0.4, -0.2) is 13.8 Å². The van der Waals surface area contributed by atoms with E-state index in [2.05, 4.69) is 6.07 Å². The fraction of sp³-hybridized carbons (Fsp3) is 0.417. The van der Waals surface area contributed by atoms with Gasteiger partial charge in [-0.05, 0) is 37.7 Å². The van der Waals surface area contributed by atoms with E-state index in [1.54, 1.807) is 19.1 Å². The highest BCUT2D eigenvalue weighted by molar-refractivity contribution is 6.77. The molecule has 1 aromatic carbocycles. The quantitative estimate of drug-likeness (QED) is 0.620. The standard InChI is InChI=1S/C12H15ClFNOSi/c1-12(8-15,16-17(2,3)9-13)10-4-6-11(14)7-5-10/h4-7H,9H2,1-3H3. The minimum Gasteiger partial charge on any atom is -0.395 e. The molecule has 0 N–H and O–H groups in total. The lowest BCUT2D eigenvalue weighted by molar-refractivity contribution is 0.140. The van der Waals surface area contributed by atoms with Crippen molar-refractivity contribution in [1.82, 2.24) is 0 Å². The highest BCUT2D eigenvalue weighted by Gasteiger charge is 2.35. The van der Waals surface area contributed by atoms with Crippen LogP contribution in [0.25, 0.3) is 0 Å². The van der Waals surface area contributed by atoms with Gasteiger partial charge in [0, 0.05) is 5.50 Å². The second kappa shape index (κ2) is 5.17. The van der Waals surface area contributed by atoms with Gasteiger partial charge in [-0.1, -0.05) is 12.1 Å². The Labute approximate surface area is 107 Å². The Hall–Kier alpha value is -0.893. The molecule has 0 radical (unpaired) electrons. The molecule has 0 bridgehead atoms. The fourth-order valence-corrected chi connectivity index (χ4v) is 2.98. The maximum absolute atomic E-state index is 12.8. The van der Waals surface area contributed by atoms with Crippen molar-refractivity contribution in [1.29, 1.82) is 5.26 Å². The van der Waals surface area contributed by atoms with Crippen molar-refractivity contribution in [3.05, 3.63) is 35.6 Å². The van der Waals surface area contributed by atoms with Crippen LogP contribution in [0, 0.1) is 17.1 Å². The normalized spacial score (nSPS) is 15.1. The minimum atomic E-state index is -2.08. The van der Waals surface area contributed by atoms with E-state index < -0.39 is 13.9 Å². The van der Waals surface area contributed by atoms with Gasteiger partial charge in [0.1, 0.15) is 11.9 Å². The monoisotopic (exact) mass is 271 g/mol. The first-order valence-corrected chi connectivity index (χ1v) is 8.91. The Morgan fingerprint density at radius 1 is 1.41 bits per heavy atom. The van der Waals surface area contributed by atoms with Gasteiger partial charge in [-0.25, -0.2) is 4.39 Å². The SMILES string of the molecule is CC(C#N)(O[Si](C)(C)CCl)c1ccc(F)cc1. The van der Waals surface area contributed by atoms with Crippen molar-refractivity contribution in [2.45, 2.75) is 25.6 Å². The van der Waals surface area contributed by atoms with Crippen LogP contribution in [0.2, 0.25) is 13.1 Å². The molecular weight excluding hydrogens is 257 g/mol. The van der Waals surface area contributed by atoms with E-state index in [1.165, 1.54) is 12.1 Å². The van der Waals surface area contributed by atoms with Crippen LogP contribution in [0.5, 0.6) is 0 Å². The topological polar surface area (TPSA) is 33.0 Å². The number of nitriles is 1. The predicted molar refractivity (Wildman–Crippen MR) is 68.7 cm³/mol. The van der Waals surface area contributed by atoms with Gasteiger partial charge in [0.05, 0.1) is 0 Å². The summed E-state index contributed by atoms with van der Waals surface area (Å²) < 4.78 is 18.7. The minimum absolute atomic E-state index is 0.331. The summed E-state index contributed by atoms with van der Waals surface area (Å²) in [6.45, 7) is 5.57. The molecule has 1 aromatic rings. The molecule has 2 nitrogen and oxygen atoms in total. The molecule has 92 valence electrons. The third kappa shape index (κ3) is 3.53. The third-order valence-electron chi connectivity index (χ3n) is 2.41. The van der Waals surface area contributed by atoms with Crippen LogP contribution >= 0.6 is 11.6 Å². The average Bonchev–Trinajstić information content (AvgIpc) is 2.29. The summed E-state index contributed by atoms with van der Waals surface area (Å²) in [6, 6.07) is 7.92. The molecule has 1 unspecified atom stereocenters. The van der Waals surface area contributed by atoms with E-state index in [-0.39, 0.29) is 5.82 Å². The Kier molecular flexibility index (Phi) is 4.31. The zero-order chi connectivity index (χ0) is 13.1.